The highest BCUT2D eigenvalue weighted by atomic mass is 79.9. The SMILES string of the molecule is N[C@@H]1CCC[C@H]1CC(=O)NCCNC(=O)c1ccc(Br)cc1. The standard InChI is InChI=1S/C16H22BrN3O2/c17-13-6-4-11(5-7-13)16(22)20-9-8-19-15(21)10-12-2-1-3-14(12)18/h4-7,12,14H,1-3,8-10,18H2,(H,19,21)(H,20,22)/t12-,14+/m0/s1. The molecule has 1 aliphatic carbocycles. The summed E-state index contributed by atoms with van der Waals surface area (Å²) in [4.78, 5) is 23.7. The van der Waals surface area contributed by atoms with E-state index in [0.29, 0.717) is 31.0 Å². The molecule has 0 spiro atoms. The van der Waals surface area contributed by atoms with Gasteiger partial charge in [0, 0.05) is 35.6 Å². The fourth-order valence-electron chi connectivity index (χ4n) is 2.71. The summed E-state index contributed by atoms with van der Waals surface area (Å²) in [6.07, 6.45) is 3.65. The van der Waals surface area contributed by atoms with E-state index in [0.717, 1.165) is 23.7 Å². The highest BCUT2D eigenvalue weighted by Crippen LogP contribution is 2.26. The summed E-state index contributed by atoms with van der Waals surface area (Å²) >= 11 is 3.33. The fourth-order valence-corrected chi connectivity index (χ4v) is 2.97. The minimum atomic E-state index is -0.139. The molecule has 2 atom stereocenters. The summed E-state index contributed by atoms with van der Waals surface area (Å²) in [6, 6.07) is 7.30. The normalized spacial score (nSPS) is 20.6. The van der Waals surface area contributed by atoms with Gasteiger partial charge in [0.1, 0.15) is 0 Å². The van der Waals surface area contributed by atoms with Gasteiger partial charge in [-0.25, -0.2) is 0 Å². The molecule has 22 heavy (non-hydrogen) atoms. The van der Waals surface area contributed by atoms with Crippen LogP contribution >= 0.6 is 15.9 Å². The second-order valence-corrected chi connectivity index (χ2v) is 6.59. The van der Waals surface area contributed by atoms with Crippen molar-refractivity contribution in [2.75, 3.05) is 13.1 Å². The summed E-state index contributed by atoms with van der Waals surface area (Å²) in [5, 5.41) is 5.61. The van der Waals surface area contributed by atoms with Crippen LogP contribution in [0.25, 0.3) is 0 Å². The van der Waals surface area contributed by atoms with Crippen molar-refractivity contribution in [3.63, 3.8) is 0 Å². The minimum absolute atomic E-state index is 0.0141. The predicted molar refractivity (Wildman–Crippen MR) is 89.4 cm³/mol. The fraction of sp³-hybridized carbons (Fsp3) is 0.500. The van der Waals surface area contributed by atoms with E-state index in [-0.39, 0.29) is 17.9 Å². The van der Waals surface area contributed by atoms with E-state index in [1.807, 2.05) is 12.1 Å². The number of halogens is 1. The molecule has 0 aromatic heterocycles. The number of nitrogens with one attached hydrogen (secondary N) is 2. The van der Waals surface area contributed by atoms with Crippen molar-refractivity contribution in [3.8, 4) is 0 Å². The molecule has 1 aliphatic rings. The van der Waals surface area contributed by atoms with Crippen molar-refractivity contribution in [2.45, 2.75) is 31.7 Å². The van der Waals surface area contributed by atoms with Crippen LogP contribution in [0.5, 0.6) is 0 Å². The van der Waals surface area contributed by atoms with Crippen molar-refractivity contribution >= 4 is 27.7 Å². The summed E-state index contributed by atoms with van der Waals surface area (Å²) in [7, 11) is 0. The molecular weight excluding hydrogens is 346 g/mol. The zero-order valence-corrected chi connectivity index (χ0v) is 14.1. The first-order chi connectivity index (χ1) is 10.6. The number of benzene rings is 1. The Morgan fingerprint density at radius 3 is 2.45 bits per heavy atom. The zero-order valence-electron chi connectivity index (χ0n) is 12.5. The molecule has 120 valence electrons. The lowest BCUT2D eigenvalue weighted by molar-refractivity contribution is -0.122. The molecule has 5 nitrogen and oxygen atoms in total. The monoisotopic (exact) mass is 367 g/mol. The van der Waals surface area contributed by atoms with Gasteiger partial charge in [-0.15, -0.1) is 0 Å². The van der Waals surface area contributed by atoms with Gasteiger partial charge in [-0.05, 0) is 43.0 Å². The van der Waals surface area contributed by atoms with Crippen LogP contribution in [0.2, 0.25) is 0 Å². The van der Waals surface area contributed by atoms with E-state index in [4.69, 9.17) is 5.73 Å². The Balaban J connectivity index is 1.63. The Kier molecular flexibility index (Phi) is 6.39. The molecule has 1 saturated carbocycles. The van der Waals surface area contributed by atoms with Crippen LogP contribution in [0, 0.1) is 5.92 Å². The Hall–Kier alpha value is -1.40. The van der Waals surface area contributed by atoms with Crippen molar-refractivity contribution in [3.05, 3.63) is 34.3 Å². The van der Waals surface area contributed by atoms with Crippen LogP contribution in [0.15, 0.2) is 28.7 Å². The van der Waals surface area contributed by atoms with Gasteiger partial charge in [-0.3, -0.25) is 9.59 Å². The second-order valence-electron chi connectivity index (χ2n) is 5.67. The van der Waals surface area contributed by atoms with Gasteiger partial charge in [-0.2, -0.15) is 0 Å². The molecule has 0 aliphatic heterocycles. The third-order valence-electron chi connectivity index (χ3n) is 4.00. The molecule has 0 radical (unpaired) electrons. The number of hydrogen-bond acceptors (Lipinski definition) is 3. The van der Waals surface area contributed by atoms with Gasteiger partial charge in [0.25, 0.3) is 5.91 Å². The maximum Gasteiger partial charge on any atom is 0.251 e. The first kappa shape index (κ1) is 17.0. The lowest BCUT2D eigenvalue weighted by Gasteiger charge is -2.14. The van der Waals surface area contributed by atoms with Gasteiger partial charge in [0.05, 0.1) is 0 Å². The lowest BCUT2D eigenvalue weighted by atomic mass is 10.00. The molecule has 0 bridgehead atoms. The number of nitrogens with two attached hydrogens (primary N) is 1. The van der Waals surface area contributed by atoms with E-state index in [1.54, 1.807) is 12.1 Å². The summed E-state index contributed by atoms with van der Waals surface area (Å²) in [5.74, 6) is 0.178. The van der Waals surface area contributed by atoms with E-state index in [1.165, 1.54) is 0 Å². The molecular formula is C16H22BrN3O2. The van der Waals surface area contributed by atoms with Crippen LogP contribution in [0.3, 0.4) is 0 Å². The molecule has 1 aromatic carbocycles. The average molecular weight is 368 g/mol. The molecule has 2 amide bonds. The van der Waals surface area contributed by atoms with Crippen LogP contribution in [0.1, 0.15) is 36.0 Å². The number of hydrogen-bond donors (Lipinski definition) is 3. The van der Waals surface area contributed by atoms with Crippen molar-refractivity contribution in [1.82, 2.24) is 10.6 Å². The quantitative estimate of drug-likeness (QED) is 0.670. The van der Waals surface area contributed by atoms with Crippen molar-refractivity contribution in [2.24, 2.45) is 11.7 Å². The molecule has 1 fully saturated rings. The largest absolute Gasteiger partial charge is 0.354 e. The molecule has 0 heterocycles. The van der Waals surface area contributed by atoms with Gasteiger partial charge in [0.15, 0.2) is 0 Å². The van der Waals surface area contributed by atoms with Crippen LogP contribution in [-0.4, -0.2) is 30.9 Å². The molecule has 1 aromatic rings. The Morgan fingerprint density at radius 2 is 1.82 bits per heavy atom. The summed E-state index contributed by atoms with van der Waals surface area (Å²) in [6.45, 7) is 0.848. The van der Waals surface area contributed by atoms with Crippen LogP contribution in [0.4, 0.5) is 0 Å². The van der Waals surface area contributed by atoms with Crippen molar-refractivity contribution < 1.29 is 9.59 Å². The molecule has 2 rings (SSSR count). The molecule has 4 N–H and O–H groups in total. The highest BCUT2D eigenvalue weighted by molar-refractivity contribution is 9.10. The minimum Gasteiger partial charge on any atom is -0.354 e. The lowest BCUT2D eigenvalue weighted by Crippen LogP contribution is -2.36. The zero-order chi connectivity index (χ0) is 15.9. The maximum atomic E-state index is 11.9. The van der Waals surface area contributed by atoms with Crippen molar-refractivity contribution in [1.29, 1.82) is 0 Å². The van der Waals surface area contributed by atoms with Gasteiger partial charge in [-0.1, -0.05) is 22.4 Å². The average Bonchev–Trinajstić information content (AvgIpc) is 2.89. The van der Waals surface area contributed by atoms with Gasteiger partial charge in [0.2, 0.25) is 5.91 Å². The predicted octanol–water partition coefficient (Wildman–Crippen LogP) is 1.81. The third-order valence-corrected chi connectivity index (χ3v) is 4.53. The smallest absolute Gasteiger partial charge is 0.251 e. The number of carbonyl (C=O) groups excluding carboxylic acids is 2. The van der Waals surface area contributed by atoms with Gasteiger partial charge < -0.3 is 16.4 Å². The third kappa shape index (κ3) is 5.10. The summed E-state index contributed by atoms with van der Waals surface area (Å²) in [5.41, 5.74) is 6.56. The molecule has 0 unspecified atom stereocenters. The first-order valence-electron chi connectivity index (χ1n) is 7.62. The Morgan fingerprint density at radius 1 is 1.14 bits per heavy atom. The highest BCUT2D eigenvalue weighted by Gasteiger charge is 2.25. The number of carbonyl (C=O) groups is 2. The summed E-state index contributed by atoms with van der Waals surface area (Å²) < 4.78 is 0.932. The van der Waals surface area contributed by atoms with Gasteiger partial charge >= 0.3 is 0 Å². The maximum absolute atomic E-state index is 11.9. The van der Waals surface area contributed by atoms with E-state index in [2.05, 4.69) is 26.6 Å². The number of amides is 2. The molecule has 6 heteroatoms. The Labute approximate surface area is 139 Å². The van der Waals surface area contributed by atoms with Crippen LogP contribution in [-0.2, 0) is 4.79 Å². The first-order valence-corrected chi connectivity index (χ1v) is 8.41. The topological polar surface area (TPSA) is 84.2 Å². The van der Waals surface area contributed by atoms with Crippen LogP contribution < -0.4 is 16.4 Å². The van der Waals surface area contributed by atoms with E-state index < -0.39 is 0 Å². The Bertz CT molecular complexity index is 519. The second kappa shape index (κ2) is 8.29. The van der Waals surface area contributed by atoms with E-state index >= 15 is 0 Å². The molecule has 0 saturated heterocycles. The number of rotatable bonds is 6. The van der Waals surface area contributed by atoms with E-state index in [9.17, 15) is 9.59 Å².